The fraction of sp³-hybridized carbons (Fsp3) is 1.00. The molecule has 0 aromatic heterocycles. The van der Waals surface area contributed by atoms with Crippen molar-refractivity contribution in [3.8, 4) is 0 Å². The van der Waals surface area contributed by atoms with Crippen molar-refractivity contribution in [1.29, 1.82) is 0 Å². The minimum atomic E-state index is -0.784. The first-order chi connectivity index (χ1) is 5.83. The zero-order valence-electron chi connectivity index (χ0n) is 8.96. The van der Waals surface area contributed by atoms with Gasteiger partial charge >= 0.3 is 0 Å². The van der Waals surface area contributed by atoms with Gasteiger partial charge in [-0.05, 0) is 27.7 Å². The maximum absolute atomic E-state index is 10.0. The Labute approximate surface area is 80.0 Å². The van der Waals surface area contributed by atoms with E-state index in [2.05, 4.69) is 0 Å². The highest BCUT2D eigenvalue weighted by molar-refractivity contribution is 4.93. The van der Waals surface area contributed by atoms with Crippen molar-refractivity contribution in [3.63, 3.8) is 0 Å². The molecule has 1 saturated heterocycles. The Morgan fingerprint density at radius 3 is 2.46 bits per heavy atom. The summed E-state index contributed by atoms with van der Waals surface area (Å²) in [5, 5.41) is 10.0. The van der Waals surface area contributed by atoms with Crippen LogP contribution in [0.15, 0.2) is 0 Å². The first-order valence-corrected chi connectivity index (χ1v) is 4.81. The van der Waals surface area contributed by atoms with Crippen molar-refractivity contribution in [2.24, 2.45) is 0 Å². The topological polar surface area (TPSA) is 38.7 Å². The molecular formula is C10H20O3. The summed E-state index contributed by atoms with van der Waals surface area (Å²) in [6.07, 6.45) is 0.805. The SMILES string of the molecule is CC(C)OCC1(O)COC(C)(C)C1. The highest BCUT2D eigenvalue weighted by Gasteiger charge is 2.43. The van der Waals surface area contributed by atoms with Gasteiger partial charge in [0.05, 0.1) is 24.9 Å². The normalized spacial score (nSPS) is 32.8. The Bertz CT molecular complexity index is 177. The summed E-state index contributed by atoms with van der Waals surface area (Å²) in [6.45, 7) is 8.65. The van der Waals surface area contributed by atoms with Gasteiger partial charge in [-0.15, -0.1) is 0 Å². The van der Waals surface area contributed by atoms with Gasteiger partial charge in [0, 0.05) is 6.42 Å². The van der Waals surface area contributed by atoms with Crippen LogP contribution in [-0.2, 0) is 9.47 Å². The van der Waals surface area contributed by atoms with E-state index in [9.17, 15) is 5.11 Å². The van der Waals surface area contributed by atoms with Crippen LogP contribution in [0.25, 0.3) is 0 Å². The maximum atomic E-state index is 10.0. The van der Waals surface area contributed by atoms with Crippen molar-refractivity contribution in [3.05, 3.63) is 0 Å². The molecule has 3 nitrogen and oxygen atoms in total. The zero-order chi connectivity index (χ0) is 10.1. The fourth-order valence-corrected chi connectivity index (χ4v) is 1.64. The Balaban J connectivity index is 2.41. The van der Waals surface area contributed by atoms with Crippen molar-refractivity contribution in [2.75, 3.05) is 13.2 Å². The van der Waals surface area contributed by atoms with Crippen LogP contribution in [-0.4, -0.2) is 35.6 Å². The minimum absolute atomic E-state index is 0.160. The smallest absolute Gasteiger partial charge is 0.114 e. The van der Waals surface area contributed by atoms with Gasteiger partial charge in [-0.3, -0.25) is 0 Å². The van der Waals surface area contributed by atoms with Gasteiger partial charge in [0.25, 0.3) is 0 Å². The van der Waals surface area contributed by atoms with E-state index < -0.39 is 5.60 Å². The van der Waals surface area contributed by atoms with E-state index in [0.717, 1.165) is 0 Å². The third kappa shape index (κ3) is 3.25. The van der Waals surface area contributed by atoms with Crippen LogP contribution in [0.1, 0.15) is 34.1 Å². The van der Waals surface area contributed by atoms with Crippen LogP contribution in [0.3, 0.4) is 0 Å². The summed E-state index contributed by atoms with van der Waals surface area (Å²) < 4.78 is 10.9. The van der Waals surface area contributed by atoms with E-state index in [4.69, 9.17) is 9.47 Å². The second kappa shape index (κ2) is 3.56. The Morgan fingerprint density at radius 1 is 1.46 bits per heavy atom. The first-order valence-electron chi connectivity index (χ1n) is 4.81. The molecule has 0 saturated carbocycles. The second-order valence-electron chi connectivity index (χ2n) is 4.81. The summed E-state index contributed by atoms with van der Waals surface area (Å²) in [5.74, 6) is 0. The molecule has 1 atom stereocenters. The van der Waals surface area contributed by atoms with Gasteiger partial charge in [0.15, 0.2) is 0 Å². The van der Waals surface area contributed by atoms with Crippen molar-refractivity contribution in [2.45, 2.75) is 51.4 Å². The van der Waals surface area contributed by atoms with Crippen LogP contribution in [0.4, 0.5) is 0 Å². The van der Waals surface area contributed by atoms with E-state index in [1.165, 1.54) is 0 Å². The molecule has 1 aliphatic rings. The molecule has 0 amide bonds. The molecule has 1 rings (SSSR count). The maximum Gasteiger partial charge on any atom is 0.114 e. The Morgan fingerprint density at radius 2 is 2.08 bits per heavy atom. The molecule has 0 aromatic carbocycles. The molecule has 0 radical (unpaired) electrons. The molecule has 1 aliphatic heterocycles. The summed E-state index contributed by atoms with van der Waals surface area (Å²) in [5.41, 5.74) is -0.997. The lowest BCUT2D eigenvalue weighted by Gasteiger charge is -2.23. The third-order valence-corrected chi connectivity index (χ3v) is 2.17. The van der Waals surface area contributed by atoms with E-state index in [-0.39, 0.29) is 11.7 Å². The van der Waals surface area contributed by atoms with Gasteiger partial charge in [0.2, 0.25) is 0 Å². The first kappa shape index (κ1) is 11.0. The van der Waals surface area contributed by atoms with E-state index in [1.54, 1.807) is 0 Å². The highest BCUT2D eigenvalue weighted by atomic mass is 16.5. The molecule has 0 aliphatic carbocycles. The number of hydrogen-bond donors (Lipinski definition) is 1. The molecule has 0 bridgehead atoms. The van der Waals surface area contributed by atoms with Crippen molar-refractivity contribution in [1.82, 2.24) is 0 Å². The summed E-state index contributed by atoms with van der Waals surface area (Å²) in [6, 6.07) is 0. The summed E-state index contributed by atoms with van der Waals surface area (Å²) in [7, 11) is 0. The number of ether oxygens (including phenoxy) is 2. The molecule has 1 heterocycles. The zero-order valence-corrected chi connectivity index (χ0v) is 8.96. The molecular weight excluding hydrogens is 168 g/mol. The van der Waals surface area contributed by atoms with Crippen LogP contribution in [0.5, 0.6) is 0 Å². The lowest BCUT2D eigenvalue weighted by atomic mass is 9.94. The van der Waals surface area contributed by atoms with Crippen molar-refractivity contribution >= 4 is 0 Å². The quantitative estimate of drug-likeness (QED) is 0.726. The van der Waals surface area contributed by atoms with Gasteiger partial charge in [-0.1, -0.05) is 0 Å². The van der Waals surface area contributed by atoms with Crippen LogP contribution in [0.2, 0.25) is 0 Å². The molecule has 1 unspecified atom stereocenters. The minimum Gasteiger partial charge on any atom is -0.385 e. The summed E-state index contributed by atoms with van der Waals surface area (Å²) >= 11 is 0. The average Bonchev–Trinajstić information content (AvgIpc) is 2.23. The van der Waals surface area contributed by atoms with Gasteiger partial charge in [0.1, 0.15) is 5.60 Å². The average molecular weight is 188 g/mol. The number of aliphatic hydroxyl groups is 1. The van der Waals surface area contributed by atoms with E-state index in [0.29, 0.717) is 19.6 Å². The molecule has 3 heteroatoms. The highest BCUT2D eigenvalue weighted by Crippen LogP contribution is 2.32. The van der Waals surface area contributed by atoms with Crippen LogP contribution in [0, 0.1) is 0 Å². The predicted octanol–water partition coefficient (Wildman–Crippen LogP) is 1.34. The molecule has 0 spiro atoms. The van der Waals surface area contributed by atoms with Crippen LogP contribution < -0.4 is 0 Å². The van der Waals surface area contributed by atoms with Gasteiger partial charge < -0.3 is 14.6 Å². The monoisotopic (exact) mass is 188 g/mol. The predicted molar refractivity (Wildman–Crippen MR) is 50.7 cm³/mol. The van der Waals surface area contributed by atoms with E-state index in [1.807, 2.05) is 27.7 Å². The largest absolute Gasteiger partial charge is 0.385 e. The Kier molecular flexibility index (Phi) is 3.00. The molecule has 0 aromatic rings. The summed E-state index contributed by atoms with van der Waals surface area (Å²) in [4.78, 5) is 0. The van der Waals surface area contributed by atoms with Gasteiger partial charge in [-0.25, -0.2) is 0 Å². The lowest BCUT2D eigenvalue weighted by molar-refractivity contribution is -0.0670. The standard InChI is InChI=1S/C10H20O3/c1-8(2)12-6-10(11)5-9(3,4)13-7-10/h8,11H,5-7H2,1-4H3. The molecule has 1 N–H and O–H groups in total. The molecule has 13 heavy (non-hydrogen) atoms. The second-order valence-corrected chi connectivity index (χ2v) is 4.81. The molecule has 1 fully saturated rings. The molecule has 78 valence electrons. The third-order valence-electron chi connectivity index (χ3n) is 2.17. The van der Waals surface area contributed by atoms with Crippen LogP contribution >= 0.6 is 0 Å². The number of rotatable bonds is 3. The van der Waals surface area contributed by atoms with E-state index >= 15 is 0 Å². The lowest BCUT2D eigenvalue weighted by Crippen LogP contribution is -2.37. The fourth-order valence-electron chi connectivity index (χ4n) is 1.64. The van der Waals surface area contributed by atoms with Crippen molar-refractivity contribution < 1.29 is 14.6 Å². The van der Waals surface area contributed by atoms with Gasteiger partial charge in [-0.2, -0.15) is 0 Å². The number of hydrogen-bond acceptors (Lipinski definition) is 3. The Hall–Kier alpha value is -0.120.